The minimum absolute atomic E-state index is 0.139. The van der Waals surface area contributed by atoms with Crippen molar-refractivity contribution in [3.8, 4) is 0 Å². The van der Waals surface area contributed by atoms with E-state index in [1.165, 1.54) is 12.3 Å². The predicted octanol–water partition coefficient (Wildman–Crippen LogP) is 3.86. The molecular weight excluding hydrogens is 316 g/mol. The minimum atomic E-state index is -0.741. The van der Waals surface area contributed by atoms with Crippen LogP contribution in [0.15, 0.2) is 35.1 Å². The Balaban J connectivity index is 2.35. The third-order valence-corrected chi connectivity index (χ3v) is 3.43. The first kappa shape index (κ1) is 13.8. The second-order valence-electron chi connectivity index (χ2n) is 4.11. The summed E-state index contributed by atoms with van der Waals surface area (Å²) >= 11 is 2.98. The van der Waals surface area contributed by atoms with Crippen molar-refractivity contribution in [1.82, 2.24) is 4.98 Å². The molecule has 0 aliphatic heterocycles. The van der Waals surface area contributed by atoms with Crippen molar-refractivity contribution in [1.29, 1.82) is 0 Å². The minimum Gasteiger partial charge on any atom is -0.294 e. The number of rotatable bonds is 3. The number of benzene rings is 1. The third kappa shape index (κ3) is 2.87. The SMILES string of the molecule is Cc1ccncc1C(=O)Cc1c(F)ccc(Br)c1F. The van der Waals surface area contributed by atoms with Gasteiger partial charge in [-0.15, -0.1) is 0 Å². The summed E-state index contributed by atoms with van der Waals surface area (Å²) in [5, 5.41) is 0. The van der Waals surface area contributed by atoms with Crippen LogP contribution >= 0.6 is 15.9 Å². The van der Waals surface area contributed by atoms with Crippen LogP contribution in [0.4, 0.5) is 8.78 Å². The first-order valence-corrected chi connectivity index (χ1v) is 6.36. The Morgan fingerprint density at radius 1 is 1.32 bits per heavy atom. The maximum absolute atomic E-state index is 13.8. The van der Waals surface area contributed by atoms with Crippen LogP contribution in [0.5, 0.6) is 0 Å². The lowest BCUT2D eigenvalue weighted by atomic mass is 10.0. The number of carbonyl (C=O) groups excluding carboxylic acids is 1. The van der Waals surface area contributed by atoms with Crippen LogP contribution in [-0.2, 0) is 6.42 Å². The molecule has 19 heavy (non-hydrogen) atoms. The quantitative estimate of drug-likeness (QED) is 0.633. The van der Waals surface area contributed by atoms with E-state index in [0.717, 1.165) is 11.6 Å². The largest absolute Gasteiger partial charge is 0.294 e. The van der Waals surface area contributed by atoms with Gasteiger partial charge in [0.25, 0.3) is 0 Å². The third-order valence-electron chi connectivity index (χ3n) is 2.82. The van der Waals surface area contributed by atoms with E-state index in [-0.39, 0.29) is 22.2 Å². The first-order valence-electron chi connectivity index (χ1n) is 5.57. The lowest BCUT2D eigenvalue weighted by Crippen LogP contribution is -2.09. The van der Waals surface area contributed by atoms with Gasteiger partial charge in [0.05, 0.1) is 4.47 Å². The van der Waals surface area contributed by atoms with Gasteiger partial charge in [0.2, 0.25) is 0 Å². The van der Waals surface area contributed by atoms with Crippen molar-refractivity contribution < 1.29 is 13.6 Å². The van der Waals surface area contributed by atoms with Gasteiger partial charge in [-0.3, -0.25) is 9.78 Å². The van der Waals surface area contributed by atoms with Crippen LogP contribution in [-0.4, -0.2) is 10.8 Å². The van der Waals surface area contributed by atoms with Gasteiger partial charge in [-0.25, -0.2) is 8.78 Å². The molecule has 0 bridgehead atoms. The zero-order valence-electron chi connectivity index (χ0n) is 10.1. The Morgan fingerprint density at radius 3 is 2.74 bits per heavy atom. The Hall–Kier alpha value is -1.62. The molecule has 1 heterocycles. The molecular formula is C14H10BrF2NO. The molecule has 1 aromatic heterocycles. The van der Waals surface area contributed by atoms with E-state index in [1.54, 1.807) is 19.2 Å². The van der Waals surface area contributed by atoms with Crippen LogP contribution in [0, 0.1) is 18.6 Å². The monoisotopic (exact) mass is 325 g/mol. The van der Waals surface area contributed by atoms with Gasteiger partial charge in [-0.05, 0) is 46.6 Å². The van der Waals surface area contributed by atoms with Crippen LogP contribution < -0.4 is 0 Å². The average molecular weight is 326 g/mol. The van der Waals surface area contributed by atoms with Crippen molar-refractivity contribution in [2.24, 2.45) is 0 Å². The summed E-state index contributed by atoms with van der Waals surface area (Å²) in [6, 6.07) is 4.08. The molecule has 0 N–H and O–H groups in total. The molecule has 0 spiro atoms. The second-order valence-corrected chi connectivity index (χ2v) is 4.97. The average Bonchev–Trinajstić information content (AvgIpc) is 2.39. The number of carbonyl (C=O) groups is 1. The van der Waals surface area contributed by atoms with E-state index in [1.807, 2.05) is 0 Å². The van der Waals surface area contributed by atoms with E-state index in [9.17, 15) is 13.6 Å². The van der Waals surface area contributed by atoms with E-state index in [0.29, 0.717) is 5.56 Å². The summed E-state index contributed by atoms with van der Waals surface area (Å²) in [5.41, 5.74) is 0.875. The number of aromatic nitrogens is 1. The number of hydrogen-bond donors (Lipinski definition) is 0. The normalized spacial score (nSPS) is 10.5. The molecule has 0 fully saturated rings. The topological polar surface area (TPSA) is 30.0 Å². The molecule has 5 heteroatoms. The predicted molar refractivity (Wildman–Crippen MR) is 71.1 cm³/mol. The Bertz CT molecular complexity index is 643. The highest BCUT2D eigenvalue weighted by Crippen LogP contribution is 2.23. The van der Waals surface area contributed by atoms with Crippen molar-refractivity contribution >= 4 is 21.7 Å². The smallest absolute Gasteiger partial charge is 0.169 e. The van der Waals surface area contributed by atoms with Gasteiger partial charge in [-0.2, -0.15) is 0 Å². The molecule has 0 atom stereocenters. The number of Topliss-reactive ketones (excluding diaryl/α,β-unsaturated/α-hetero) is 1. The molecule has 0 saturated heterocycles. The van der Waals surface area contributed by atoms with Crippen molar-refractivity contribution in [3.05, 3.63) is 63.4 Å². The Morgan fingerprint density at radius 2 is 2.05 bits per heavy atom. The van der Waals surface area contributed by atoms with Gasteiger partial charge >= 0.3 is 0 Å². The molecule has 2 nitrogen and oxygen atoms in total. The zero-order chi connectivity index (χ0) is 14.0. The number of ketones is 1. The van der Waals surface area contributed by atoms with Crippen LogP contribution in [0.3, 0.4) is 0 Å². The number of hydrogen-bond acceptors (Lipinski definition) is 2. The number of halogens is 3. The molecule has 0 aliphatic carbocycles. The molecule has 0 saturated carbocycles. The maximum atomic E-state index is 13.8. The number of nitrogens with zero attached hydrogens (tertiary/aromatic N) is 1. The highest BCUT2D eigenvalue weighted by molar-refractivity contribution is 9.10. The summed E-state index contributed by atoms with van der Waals surface area (Å²) < 4.78 is 27.5. The Kier molecular flexibility index (Phi) is 4.04. The maximum Gasteiger partial charge on any atom is 0.169 e. The van der Waals surface area contributed by atoms with E-state index >= 15 is 0 Å². The summed E-state index contributed by atoms with van der Waals surface area (Å²) in [6.07, 6.45) is 2.64. The fourth-order valence-corrected chi connectivity index (χ4v) is 2.11. The van der Waals surface area contributed by atoms with Crippen LogP contribution in [0.25, 0.3) is 0 Å². The molecule has 2 aromatic rings. The van der Waals surface area contributed by atoms with E-state index in [4.69, 9.17) is 0 Å². The molecule has 0 aliphatic rings. The molecule has 2 rings (SSSR count). The highest BCUT2D eigenvalue weighted by Gasteiger charge is 2.18. The number of pyridine rings is 1. The van der Waals surface area contributed by atoms with Gasteiger partial charge in [0, 0.05) is 29.9 Å². The lowest BCUT2D eigenvalue weighted by Gasteiger charge is -2.07. The van der Waals surface area contributed by atoms with Crippen molar-refractivity contribution in [3.63, 3.8) is 0 Å². The van der Waals surface area contributed by atoms with Gasteiger partial charge in [0.1, 0.15) is 11.6 Å². The standard InChI is InChI=1S/C14H10BrF2NO/c1-8-4-5-18-7-10(8)13(19)6-9-12(16)3-2-11(15)14(9)17/h2-5,7H,6H2,1H3. The molecule has 0 amide bonds. The fraction of sp³-hybridized carbons (Fsp3) is 0.143. The van der Waals surface area contributed by atoms with Crippen LogP contribution in [0.1, 0.15) is 21.5 Å². The zero-order valence-corrected chi connectivity index (χ0v) is 11.7. The fourth-order valence-electron chi connectivity index (χ4n) is 1.74. The van der Waals surface area contributed by atoms with Gasteiger partial charge in [-0.1, -0.05) is 0 Å². The Labute approximate surface area is 117 Å². The van der Waals surface area contributed by atoms with Gasteiger partial charge in [0.15, 0.2) is 5.78 Å². The molecule has 1 aromatic carbocycles. The van der Waals surface area contributed by atoms with E-state index < -0.39 is 11.6 Å². The van der Waals surface area contributed by atoms with Crippen molar-refractivity contribution in [2.75, 3.05) is 0 Å². The lowest BCUT2D eigenvalue weighted by molar-refractivity contribution is 0.0989. The first-order chi connectivity index (χ1) is 9.00. The second kappa shape index (κ2) is 5.57. The summed E-state index contributed by atoms with van der Waals surface area (Å²) in [6.45, 7) is 1.75. The summed E-state index contributed by atoms with van der Waals surface area (Å²) in [7, 11) is 0. The molecule has 98 valence electrons. The summed E-state index contributed by atoms with van der Waals surface area (Å²) in [4.78, 5) is 15.9. The van der Waals surface area contributed by atoms with Gasteiger partial charge < -0.3 is 0 Å². The summed E-state index contributed by atoms with van der Waals surface area (Å²) in [5.74, 6) is -1.83. The van der Waals surface area contributed by atoms with E-state index in [2.05, 4.69) is 20.9 Å². The molecule has 0 radical (unpaired) electrons. The van der Waals surface area contributed by atoms with Crippen molar-refractivity contribution in [2.45, 2.75) is 13.3 Å². The van der Waals surface area contributed by atoms with Crippen LogP contribution in [0.2, 0.25) is 0 Å². The highest BCUT2D eigenvalue weighted by atomic mass is 79.9. The number of aryl methyl sites for hydroxylation is 1. The molecule has 0 unspecified atom stereocenters.